The SMILES string of the molecule is COCc1ncc(CN2CCC(O)(c3ccccc3C)C2)cn1. The second-order valence-electron chi connectivity index (χ2n) is 6.25. The maximum atomic E-state index is 11.0. The second kappa shape index (κ2) is 6.74. The molecule has 2 heterocycles. The number of hydrogen-bond acceptors (Lipinski definition) is 5. The van der Waals surface area contributed by atoms with E-state index in [1.54, 1.807) is 7.11 Å². The van der Waals surface area contributed by atoms with Crippen molar-refractivity contribution in [3.05, 3.63) is 59.2 Å². The van der Waals surface area contributed by atoms with E-state index in [1.807, 2.05) is 30.6 Å². The monoisotopic (exact) mass is 313 g/mol. The topological polar surface area (TPSA) is 58.5 Å². The van der Waals surface area contributed by atoms with E-state index in [2.05, 4.69) is 27.9 Å². The lowest BCUT2D eigenvalue weighted by Crippen LogP contribution is -2.31. The van der Waals surface area contributed by atoms with Gasteiger partial charge in [-0.1, -0.05) is 24.3 Å². The normalized spacial score (nSPS) is 21.7. The highest BCUT2D eigenvalue weighted by Crippen LogP contribution is 2.34. The Bertz CT molecular complexity index is 660. The molecule has 122 valence electrons. The molecule has 1 aromatic carbocycles. The van der Waals surface area contributed by atoms with Crippen LogP contribution in [-0.2, 0) is 23.5 Å². The summed E-state index contributed by atoms with van der Waals surface area (Å²) in [6.07, 6.45) is 4.43. The number of β-amino-alcohol motifs (C(OH)–C–C–N with tert-alkyl or cyclic N) is 1. The first-order valence-corrected chi connectivity index (χ1v) is 7.90. The van der Waals surface area contributed by atoms with E-state index < -0.39 is 5.60 Å². The van der Waals surface area contributed by atoms with Gasteiger partial charge in [-0.25, -0.2) is 9.97 Å². The predicted octanol–water partition coefficient (Wildman–Crippen LogP) is 2.02. The molecule has 5 heteroatoms. The van der Waals surface area contributed by atoms with E-state index in [4.69, 9.17) is 4.74 Å². The molecule has 2 aromatic rings. The Morgan fingerprint density at radius 1 is 1.26 bits per heavy atom. The highest BCUT2D eigenvalue weighted by molar-refractivity contribution is 5.32. The summed E-state index contributed by atoms with van der Waals surface area (Å²) in [4.78, 5) is 10.8. The van der Waals surface area contributed by atoms with Gasteiger partial charge in [-0.3, -0.25) is 4.90 Å². The van der Waals surface area contributed by atoms with Gasteiger partial charge in [0.05, 0.1) is 0 Å². The van der Waals surface area contributed by atoms with Gasteiger partial charge in [0, 0.05) is 44.7 Å². The molecular weight excluding hydrogens is 290 g/mol. The lowest BCUT2D eigenvalue weighted by atomic mass is 9.89. The van der Waals surface area contributed by atoms with Crippen molar-refractivity contribution >= 4 is 0 Å². The first-order valence-electron chi connectivity index (χ1n) is 7.90. The number of aromatic nitrogens is 2. The van der Waals surface area contributed by atoms with Crippen LogP contribution < -0.4 is 0 Å². The number of nitrogens with zero attached hydrogens (tertiary/aromatic N) is 3. The average molecular weight is 313 g/mol. The fraction of sp³-hybridized carbons (Fsp3) is 0.444. The van der Waals surface area contributed by atoms with Crippen LogP contribution >= 0.6 is 0 Å². The van der Waals surface area contributed by atoms with E-state index in [1.165, 1.54) is 0 Å². The van der Waals surface area contributed by atoms with Crippen LogP contribution in [0, 0.1) is 6.92 Å². The van der Waals surface area contributed by atoms with E-state index in [9.17, 15) is 5.11 Å². The third-order valence-corrected chi connectivity index (χ3v) is 4.41. The van der Waals surface area contributed by atoms with Gasteiger partial charge in [-0.05, 0) is 24.5 Å². The Morgan fingerprint density at radius 2 is 2.00 bits per heavy atom. The molecule has 3 rings (SSSR count). The summed E-state index contributed by atoms with van der Waals surface area (Å²) in [5.74, 6) is 0.689. The molecular formula is C18H23N3O2. The smallest absolute Gasteiger partial charge is 0.153 e. The summed E-state index contributed by atoms with van der Waals surface area (Å²) in [7, 11) is 1.63. The molecule has 23 heavy (non-hydrogen) atoms. The average Bonchev–Trinajstić information content (AvgIpc) is 2.92. The van der Waals surface area contributed by atoms with Gasteiger partial charge >= 0.3 is 0 Å². The predicted molar refractivity (Wildman–Crippen MR) is 87.7 cm³/mol. The Morgan fingerprint density at radius 3 is 2.70 bits per heavy atom. The molecule has 1 atom stereocenters. The first-order chi connectivity index (χ1) is 11.1. The second-order valence-corrected chi connectivity index (χ2v) is 6.25. The summed E-state index contributed by atoms with van der Waals surface area (Å²) < 4.78 is 5.02. The van der Waals surface area contributed by atoms with E-state index in [-0.39, 0.29) is 0 Å². The van der Waals surface area contributed by atoms with Crippen LogP contribution in [0.5, 0.6) is 0 Å². The zero-order valence-electron chi connectivity index (χ0n) is 13.7. The molecule has 1 aliphatic rings. The van der Waals surface area contributed by atoms with Gasteiger partial charge in [-0.15, -0.1) is 0 Å². The van der Waals surface area contributed by atoms with Gasteiger partial charge < -0.3 is 9.84 Å². The van der Waals surface area contributed by atoms with Crippen molar-refractivity contribution in [2.24, 2.45) is 0 Å². The number of ether oxygens (including phenoxy) is 1. The zero-order valence-corrected chi connectivity index (χ0v) is 13.7. The van der Waals surface area contributed by atoms with Crippen LogP contribution in [0.3, 0.4) is 0 Å². The number of benzene rings is 1. The van der Waals surface area contributed by atoms with Crippen LogP contribution in [0.2, 0.25) is 0 Å². The molecule has 1 aromatic heterocycles. The lowest BCUT2D eigenvalue weighted by molar-refractivity contribution is 0.0446. The van der Waals surface area contributed by atoms with Crippen molar-refractivity contribution in [2.75, 3.05) is 20.2 Å². The van der Waals surface area contributed by atoms with Crippen molar-refractivity contribution in [1.29, 1.82) is 0 Å². The molecule has 1 aliphatic heterocycles. The van der Waals surface area contributed by atoms with Crippen molar-refractivity contribution < 1.29 is 9.84 Å². The van der Waals surface area contributed by atoms with E-state index >= 15 is 0 Å². The van der Waals surface area contributed by atoms with E-state index in [0.29, 0.717) is 19.0 Å². The van der Waals surface area contributed by atoms with Crippen LogP contribution in [0.1, 0.15) is 28.9 Å². The van der Waals surface area contributed by atoms with Gasteiger partial charge in [0.1, 0.15) is 12.2 Å². The number of aliphatic hydroxyl groups is 1. The number of likely N-dealkylation sites (tertiary alicyclic amines) is 1. The summed E-state index contributed by atoms with van der Waals surface area (Å²) in [5.41, 5.74) is 2.47. The fourth-order valence-corrected chi connectivity index (χ4v) is 3.25. The van der Waals surface area contributed by atoms with Gasteiger partial charge in [0.15, 0.2) is 5.82 Å². The minimum atomic E-state index is -0.762. The third-order valence-electron chi connectivity index (χ3n) is 4.41. The summed E-state index contributed by atoms with van der Waals surface area (Å²) in [6.45, 7) is 4.74. The Kier molecular flexibility index (Phi) is 4.71. The molecule has 0 radical (unpaired) electrons. The lowest BCUT2D eigenvalue weighted by Gasteiger charge is -2.25. The van der Waals surface area contributed by atoms with Gasteiger partial charge in [-0.2, -0.15) is 0 Å². The summed E-state index contributed by atoms with van der Waals surface area (Å²) in [5, 5.41) is 11.0. The van der Waals surface area contributed by atoms with Crippen molar-refractivity contribution in [3.8, 4) is 0 Å². The maximum absolute atomic E-state index is 11.0. The molecule has 0 aliphatic carbocycles. The molecule has 1 unspecified atom stereocenters. The van der Waals surface area contributed by atoms with E-state index in [0.717, 1.165) is 36.2 Å². The highest BCUT2D eigenvalue weighted by atomic mass is 16.5. The quantitative estimate of drug-likeness (QED) is 0.915. The molecule has 1 saturated heterocycles. The molecule has 1 fully saturated rings. The molecule has 0 bridgehead atoms. The molecule has 0 spiro atoms. The first kappa shape index (κ1) is 16.1. The zero-order chi connectivity index (χ0) is 16.3. The minimum absolute atomic E-state index is 0.428. The minimum Gasteiger partial charge on any atom is -0.384 e. The Hall–Kier alpha value is -1.82. The number of methoxy groups -OCH3 is 1. The molecule has 5 nitrogen and oxygen atoms in total. The summed E-state index contributed by atoms with van der Waals surface area (Å²) in [6, 6.07) is 8.08. The van der Waals surface area contributed by atoms with Gasteiger partial charge in [0.2, 0.25) is 0 Å². The number of aryl methyl sites for hydroxylation is 1. The molecule has 0 amide bonds. The number of rotatable bonds is 5. The van der Waals surface area contributed by atoms with Gasteiger partial charge in [0.25, 0.3) is 0 Å². The third kappa shape index (κ3) is 3.58. The van der Waals surface area contributed by atoms with Crippen molar-refractivity contribution in [3.63, 3.8) is 0 Å². The standard InChI is InChI=1S/C18H23N3O2/c1-14-5-3-4-6-16(14)18(22)7-8-21(13-18)11-15-9-19-17(12-23-2)20-10-15/h3-6,9-10,22H,7-8,11-13H2,1-2H3. The van der Waals surface area contributed by atoms with Crippen LogP contribution in [0.25, 0.3) is 0 Å². The molecule has 1 N–H and O–H groups in total. The maximum Gasteiger partial charge on any atom is 0.153 e. The van der Waals surface area contributed by atoms with Crippen molar-refractivity contribution in [1.82, 2.24) is 14.9 Å². The van der Waals surface area contributed by atoms with Crippen LogP contribution in [0.4, 0.5) is 0 Å². The molecule has 0 saturated carbocycles. The van der Waals surface area contributed by atoms with Crippen LogP contribution in [0.15, 0.2) is 36.7 Å². The Labute approximate surface area is 137 Å². The van der Waals surface area contributed by atoms with Crippen molar-refractivity contribution in [2.45, 2.75) is 32.1 Å². The largest absolute Gasteiger partial charge is 0.384 e. The summed E-state index contributed by atoms with van der Waals surface area (Å²) >= 11 is 0. The highest BCUT2D eigenvalue weighted by Gasteiger charge is 2.38. The fourth-order valence-electron chi connectivity index (χ4n) is 3.25. The van der Waals surface area contributed by atoms with Crippen LogP contribution in [-0.4, -0.2) is 40.2 Å². The Balaban J connectivity index is 1.67. The number of hydrogen-bond donors (Lipinski definition) is 1.